The number of nitrogens with zero attached hydrogens (tertiary/aromatic N) is 4. The fourth-order valence-electron chi connectivity index (χ4n) is 3.00. The molecular weight excluding hydrogens is 538 g/mol. The minimum Gasteiger partial charge on any atom is -0.487 e. The highest BCUT2D eigenvalue weighted by Gasteiger charge is 2.19. The van der Waals surface area contributed by atoms with Crippen LogP contribution in [-0.4, -0.2) is 21.5 Å². The number of anilines is 1. The van der Waals surface area contributed by atoms with Crippen molar-refractivity contribution in [2.24, 2.45) is 0 Å². The molecule has 0 spiro atoms. The first kappa shape index (κ1) is 23.6. The van der Waals surface area contributed by atoms with E-state index in [4.69, 9.17) is 15.6 Å². The van der Waals surface area contributed by atoms with Gasteiger partial charge in [0.15, 0.2) is 0 Å². The number of nitrogen functional groups attached to an aromatic ring is 1. The van der Waals surface area contributed by atoms with Gasteiger partial charge in [-0.15, -0.1) is 0 Å². The number of aryl methyl sites for hydroxylation is 1. The minimum atomic E-state index is -0.189. The number of halogens is 2. The summed E-state index contributed by atoms with van der Waals surface area (Å²) in [6, 6.07) is 15.8. The van der Waals surface area contributed by atoms with Crippen LogP contribution in [0.3, 0.4) is 0 Å². The van der Waals surface area contributed by atoms with E-state index in [9.17, 15) is 10.5 Å². The summed E-state index contributed by atoms with van der Waals surface area (Å²) in [5.74, 6) is 0.746. The van der Waals surface area contributed by atoms with Crippen molar-refractivity contribution in [3.63, 3.8) is 0 Å². The Balaban J connectivity index is 1.91. The van der Waals surface area contributed by atoms with Gasteiger partial charge in [-0.3, -0.25) is 0 Å². The van der Waals surface area contributed by atoms with E-state index in [1.54, 1.807) is 6.08 Å². The Morgan fingerprint density at radius 3 is 2.44 bits per heavy atom. The second-order valence-electron chi connectivity index (χ2n) is 6.93. The lowest BCUT2D eigenvalue weighted by Crippen LogP contribution is -2.07. The summed E-state index contributed by atoms with van der Waals surface area (Å²) < 4.78 is 8.69. The van der Waals surface area contributed by atoms with Gasteiger partial charge in [0.05, 0.1) is 27.7 Å². The molecule has 0 unspecified atom stereocenters. The maximum Gasteiger partial charge on any atom is 0.148 e. The Morgan fingerprint density at radius 2 is 1.88 bits per heavy atom. The molecule has 7 nitrogen and oxygen atoms in total. The van der Waals surface area contributed by atoms with Gasteiger partial charge < -0.3 is 15.6 Å². The molecule has 3 N–H and O–H groups in total. The highest BCUT2D eigenvalue weighted by atomic mass is 79.9. The van der Waals surface area contributed by atoms with Crippen molar-refractivity contribution in [3.05, 3.63) is 73.3 Å². The van der Waals surface area contributed by atoms with Crippen LogP contribution in [0.2, 0.25) is 0 Å². The van der Waals surface area contributed by atoms with Gasteiger partial charge in [-0.2, -0.15) is 15.6 Å². The fraction of sp³-hybridized carbons (Fsp3) is 0.174. The van der Waals surface area contributed by atoms with Crippen molar-refractivity contribution in [1.82, 2.24) is 9.78 Å². The molecule has 0 aliphatic carbocycles. The van der Waals surface area contributed by atoms with E-state index in [0.29, 0.717) is 26.9 Å². The van der Waals surface area contributed by atoms with Gasteiger partial charge in [-0.25, -0.2) is 4.68 Å². The number of benzene rings is 2. The molecule has 0 amide bonds. The molecule has 0 atom stereocenters. The van der Waals surface area contributed by atoms with Crippen LogP contribution in [0, 0.1) is 29.6 Å². The van der Waals surface area contributed by atoms with Crippen molar-refractivity contribution in [2.45, 2.75) is 20.1 Å². The number of hydrogen-bond acceptors (Lipinski definition) is 6. The van der Waals surface area contributed by atoms with E-state index < -0.39 is 0 Å². The molecule has 3 rings (SSSR count). The predicted molar refractivity (Wildman–Crippen MR) is 129 cm³/mol. The van der Waals surface area contributed by atoms with Crippen molar-refractivity contribution < 1.29 is 9.84 Å². The van der Waals surface area contributed by atoms with Crippen molar-refractivity contribution in [2.75, 3.05) is 12.3 Å². The van der Waals surface area contributed by atoms with E-state index in [2.05, 4.69) is 43.0 Å². The first-order chi connectivity index (χ1) is 15.4. The van der Waals surface area contributed by atoms with E-state index >= 15 is 0 Å². The average molecular weight is 557 g/mol. The predicted octanol–water partition coefficient (Wildman–Crippen LogP) is 4.81. The Hall–Kier alpha value is -3.11. The topological polar surface area (TPSA) is 121 Å². The number of ether oxygens (including phenoxy) is 1. The van der Waals surface area contributed by atoms with Crippen molar-refractivity contribution >= 4 is 49.3 Å². The summed E-state index contributed by atoms with van der Waals surface area (Å²) in [5, 5.41) is 32.6. The van der Waals surface area contributed by atoms with Crippen LogP contribution >= 0.6 is 31.9 Å². The zero-order valence-electron chi connectivity index (χ0n) is 17.1. The molecule has 1 aromatic heterocycles. The maximum absolute atomic E-state index is 9.70. The SMILES string of the molecule is Cc1ccc(COc2c(Br)cc(/C=C(\C#N)c3nn(CCO)c(N)c3C#N)cc2Br)cc1. The monoisotopic (exact) mass is 555 g/mol. The molecule has 32 heavy (non-hydrogen) atoms. The third kappa shape index (κ3) is 5.20. The summed E-state index contributed by atoms with van der Waals surface area (Å²) >= 11 is 7.06. The molecule has 0 radical (unpaired) electrons. The van der Waals surface area contributed by atoms with Gasteiger partial charge in [-0.1, -0.05) is 29.8 Å². The third-order valence-electron chi connectivity index (χ3n) is 4.63. The molecule has 0 saturated heterocycles. The smallest absolute Gasteiger partial charge is 0.148 e. The number of nitriles is 2. The van der Waals surface area contributed by atoms with E-state index in [-0.39, 0.29) is 35.8 Å². The van der Waals surface area contributed by atoms with Crippen LogP contribution in [0.15, 0.2) is 45.3 Å². The average Bonchev–Trinajstić information content (AvgIpc) is 3.08. The number of rotatable bonds is 7. The second kappa shape index (κ2) is 10.5. The molecular formula is C23H19Br2N5O2. The lowest BCUT2D eigenvalue weighted by Gasteiger charge is -2.12. The van der Waals surface area contributed by atoms with Gasteiger partial charge in [0.25, 0.3) is 0 Å². The minimum absolute atomic E-state index is 0.0995. The maximum atomic E-state index is 9.70. The Bertz CT molecular complexity index is 1230. The molecule has 3 aromatic rings. The Kier molecular flexibility index (Phi) is 7.70. The molecule has 2 aromatic carbocycles. The van der Waals surface area contributed by atoms with Crippen LogP contribution in [0.25, 0.3) is 11.6 Å². The second-order valence-corrected chi connectivity index (χ2v) is 8.63. The van der Waals surface area contributed by atoms with Gasteiger partial charge in [0.2, 0.25) is 0 Å². The molecule has 0 bridgehead atoms. The number of aromatic nitrogens is 2. The number of allylic oxidation sites excluding steroid dienone is 1. The highest BCUT2D eigenvalue weighted by Crippen LogP contribution is 2.36. The summed E-state index contributed by atoms with van der Waals surface area (Å²) in [7, 11) is 0. The third-order valence-corrected chi connectivity index (χ3v) is 5.80. The molecule has 0 fully saturated rings. The van der Waals surface area contributed by atoms with Crippen LogP contribution in [0.5, 0.6) is 5.75 Å². The van der Waals surface area contributed by atoms with Gasteiger partial charge in [-0.05, 0) is 68.1 Å². The number of hydrogen-bond donors (Lipinski definition) is 2. The molecule has 1 heterocycles. The first-order valence-electron chi connectivity index (χ1n) is 9.54. The summed E-state index contributed by atoms with van der Waals surface area (Å²) in [4.78, 5) is 0. The quantitative estimate of drug-likeness (QED) is 0.403. The fourth-order valence-corrected chi connectivity index (χ4v) is 4.45. The van der Waals surface area contributed by atoms with Gasteiger partial charge in [0, 0.05) is 0 Å². The standard InChI is InChI=1S/C23H19Br2N5O2/c1-14-2-4-15(5-3-14)13-32-22-19(24)9-16(10-20(22)25)8-17(11-26)21-18(12-27)23(28)30(29-21)6-7-31/h2-5,8-10,31H,6-7,13,28H2,1H3/b17-8+. The van der Waals surface area contributed by atoms with Crippen molar-refractivity contribution in [3.8, 4) is 17.9 Å². The normalized spacial score (nSPS) is 11.1. The molecule has 162 valence electrons. The van der Waals surface area contributed by atoms with Gasteiger partial charge in [0.1, 0.15) is 41.6 Å². The highest BCUT2D eigenvalue weighted by molar-refractivity contribution is 9.11. The first-order valence-corrected chi connectivity index (χ1v) is 11.1. The largest absolute Gasteiger partial charge is 0.487 e. The van der Waals surface area contributed by atoms with E-state index in [0.717, 1.165) is 5.56 Å². The lowest BCUT2D eigenvalue weighted by molar-refractivity contribution is 0.270. The Morgan fingerprint density at radius 1 is 1.22 bits per heavy atom. The summed E-state index contributed by atoms with van der Waals surface area (Å²) in [5.41, 5.74) is 9.32. The van der Waals surface area contributed by atoms with Crippen LogP contribution in [0.4, 0.5) is 5.82 Å². The van der Waals surface area contributed by atoms with Crippen LogP contribution < -0.4 is 10.5 Å². The summed E-state index contributed by atoms with van der Waals surface area (Å²) in [6.45, 7) is 2.38. The van der Waals surface area contributed by atoms with Crippen LogP contribution in [-0.2, 0) is 13.2 Å². The zero-order valence-corrected chi connectivity index (χ0v) is 20.3. The molecule has 9 heteroatoms. The molecule has 0 aliphatic heterocycles. The number of nitrogens with two attached hydrogens (primary N) is 1. The number of aliphatic hydroxyl groups excluding tert-OH is 1. The molecule has 0 aliphatic rings. The zero-order chi connectivity index (χ0) is 23.3. The van der Waals surface area contributed by atoms with E-state index in [1.807, 2.05) is 49.4 Å². The summed E-state index contributed by atoms with van der Waals surface area (Å²) in [6.07, 6.45) is 1.62. The lowest BCUT2D eigenvalue weighted by atomic mass is 10.1. The number of aliphatic hydroxyl groups is 1. The van der Waals surface area contributed by atoms with Crippen molar-refractivity contribution in [1.29, 1.82) is 10.5 Å². The van der Waals surface area contributed by atoms with E-state index in [1.165, 1.54) is 10.2 Å². The van der Waals surface area contributed by atoms with Gasteiger partial charge >= 0.3 is 0 Å². The van der Waals surface area contributed by atoms with Crippen LogP contribution in [0.1, 0.15) is 27.9 Å². The Labute approximate surface area is 202 Å². The molecule has 0 saturated carbocycles.